The molecule has 31 atom stereocenters. The number of aldehydes is 1. The van der Waals surface area contributed by atoms with Gasteiger partial charge in [-0.3, -0.25) is 9.59 Å². The predicted octanol–water partition coefficient (Wildman–Crippen LogP) is -2.08. The molecule has 9 aliphatic rings. The summed E-state index contributed by atoms with van der Waals surface area (Å²) in [5.41, 5.74) is -4.75. The van der Waals surface area contributed by atoms with Crippen molar-refractivity contribution in [2.75, 3.05) is 26.4 Å². The lowest BCUT2D eigenvalue weighted by Crippen LogP contribution is -2.73. The van der Waals surface area contributed by atoms with Crippen molar-refractivity contribution in [2.45, 2.75) is 255 Å². The molecule has 0 radical (unpaired) electrons. The maximum absolute atomic E-state index is 14.3. The van der Waals surface area contributed by atoms with Crippen molar-refractivity contribution in [3.63, 3.8) is 0 Å². The van der Waals surface area contributed by atoms with Gasteiger partial charge in [0.05, 0.1) is 43.4 Å². The smallest absolute Gasteiger partial charge is 0.335 e. The van der Waals surface area contributed by atoms with Gasteiger partial charge in [0.15, 0.2) is 37.4 Å². The van der Waals surface area contributed by atoms with Gasteiger partial charge in [-0.25, -0.2) is 9.59 Å². The van der Waals surface area contributed by atoms with E-state index in [1.54, 1.807) is 26.8 Å². The number of allylic oxidation sites excluding steroid dienone is 3. The highest BCUT2D eigenvalue weighted by atomic mass is 16.8. The summed E-state index contributed by atoms with van der Waals surface area (Å²) < 4.78 is 67.2. The van der Waals surface area contributed by atoms with Crippen molar-refractivity contribution in [3.8, 4) is 0 Å². The van der Waals surface area contributed by atoms with Crippen LogP contribution in [0.25, 0.3) is 0 Å². The summed E-state index contributed by atoms with van der Waals surface area (Å²) in [6, 6.07) is 0. The van der Waals surface area contributed by atoms with Crippen LogP contribution in [0.2, 0.25) is 0 Å². The molecule has 9 rings (SSSR count). The van der Waals surface area contributed by atoms with Crippen molar-refractivity contribution in [1.82, 2.24) is 0 Å². The fraction of sp³-hybridized carbons (Fsp3) is 0.855. The zero-order valence-electron chi connectivity index (χ0n) is 52.9. The Morgan fingerprint density at radius 3 is 1.74 bits per heavy atom. The molecule has 4 aliphatic heterocycles. The van der Waals surface area contributed by atoms with E-state index in [-0.39, 0.29) is 18.8 Å². The summed E-state index contributed by atoms with van der Waals surface area (Å²) in [6.45, 7) is 14.6. The van der Waals surface area contributed by atoms with Crippen LogP contribution < -0.4 is 0 Å². The molecule has 5 unspecified atom stereocenters. The van der Waals surface area contributed by atoms with Crippen molar-refractivity contribution in [3.05, 3.63) is 23.3 Å². The van der Waals surface area contributed by atoms with E-state index in [0.29, 0.717) is 37.7 Å². The number of carbonyl (C=O) groups excluding carboxylic acids is 4. The van der Waals surface area contributed by atoms with E-state index in [2.05, 4.69) is 26.8 Å². The highest BCUT2D eigenvalue weighted by Crippen LogP contribution is 2.76. The molecule has 29 heteroatoms. The quantitative estimate of drug-likeness (QED) is 0.0186. The van der Waals surface area contributed by atoms with Crippen LogP contribution in [0.5, 0.6) is 0 Å². The molecule has 516 valence electrons. The molecular weight excluding hydrogens is 1210 g/mol. The topological polar surface area (TPSA) is 450 Å². The minimum Gasteiger partial charge on any atom is -0.479 e. The Labute approximate surface area is 526 Å². The Balaban J connectivity index is 1.07. The average Bonchev–Trinajstić information content (AvgIpc) is 0.669. The Bertz CT molecular complexity index is 2720. The molecule has 0 bridgehead atoms. The molecule has 29 nitrogen and oxygen atoms in total. The van der Waals surface area contributed by atoms with Crippen LogP contribution >= 0.6 is 0 Å². The van der Waals surface area contributed by atoms with Gasteiger partial charge in [0.1, 0.15) is 104 Å². The number of rotatable bonds is 17. The number of carboxylic acids is 1. The highest BCUT2D eigenvalue weighted by molar-refractivity contribution is 5.87. The molecule has 0 aromatic rings. The standard InChI is InChI=1S/C62H94O29/c1-11-25(2)52(80)91-49-50(83-27(4)68)62(24-66)29(18-57(49,5)6)28-12-13-34-58(7)16-15-35(59(8,23-65)33(58)14-17-60(34,9)61(28,10)19-36(62)82-26(3)67)86-56-48(90-54-43(76)41(74)39(72)32(21-64)85-54)45(44(77)46(88-56)51(78)79)87-55-47(37(70)30(69)22-81-55)89-53-42(75)40(73)38(71)31(20-63)84-53/h11-12,23,29-50,53-56,63-64,66,69-77H,13-22,24H2,1-10H3,(H,78,79)/b25-11-/t29-,30-,31?,32+,33+,34+,35-,36+,37-,38?,39-,40?,41-,42?,43+,44-,45-,46-,47+,48+,49-,50-,53?,54-,55-,56+,58-,59-,60+,61+,62-/m0/s1. The lowest BCUT2D eigenvalue weighted by Gasteiger charge is -2.72. The summed E-state index contributed by atoms with van der Waals surface area (Å²) in [5.74, 6) is -5.11. The third kappa shape index (κ3) is 12.1. The maximum atomic E-state index is 14.3. The predicted molar refractivity (Wildman–Crippen MR) is 304 cm³/mol. The van der Waals surface area contributed by atoms with Gasteiger partial charge in [-0.1, -0.05) is 59.3 Å². The average molecular weight is 1300 g/mol. The van der Waals surface area contributed by atoms with Crippen LogP contribution in [-0.2, 0) is 76.1 Å². The number of hydrogen-bond acceptors (Lipinski definition) is 28. The van der Waals surface area contributed by atoms with Crippen LogP contribution in [0.1, 0.15) is 114 Å². The molecular formula is C62H94O29. The Morgan fingerprint density at radius 2 is 1.20 bits per heavy atom. The van der Waals surface area contributed by atoms with Gasteiger partial charge >= 0.3 is 23.9 Å². The zero-order valence-corrected chi connectivity index (χ0v) is 52.9. The first-order valence-corrected chi connectivity index (χ1v) is 31.3. The highest BCUT2D eigenvalue weighted by Gasteiger charge is 2.75. The van der Waals surface area contributed by atoms with Crippen LogP contribution in [0.15, 0.2) is 23.3 Å². The lowest BCUT2D eigenvalue weighted by atomic mass is 9.33. The van der Waals surface area contributed by atoms with E-state index in [4.69, 9.17) is 52.1 Å². The lowest BCUT2D eigenvalue weighted by molar-refractivity contribution is -0.400. The Kier molecular flexibility index (Phi) is 21.0. The minimum absolute atomic E-state index is 0.0722. The summed E-state index contributed by atoms with van der Waals surface area (Å²) in [5, 5.41) is 142. The molecule has 0 amide bonds. The maximum Gasteiger partial charge on any atom is 0.335 e. The molecule has 4 saturated heterocycles. The van der Waals surface area contributed by atoms with E-state index in [1.807, 2.05) is 13.8 Å². The number of hydrogen-bond donors (Lipinski definition) is 13. The fourth-order valence-corrected chi connectivity index (χ4v) is 17.6. The van der Waals surface area contributed by atoms with Gasteiger partial charge < -0.3 is 123 Å². The normalized spacial score (nSPS) is 49.7. The van der Waals surface area contributed by atoms with Gasteiger partial charge in [-0.2, -0.15) is 0 Å². The van der Waals surface area contributed by atoms with Gasteiger partial charge in [0.2, 0.25) is 0 Å². The van der Waals surface area contributed by atoms with Crippen molar-refractivity contribution >= 4 is 30.2 Å². The fourth-order valence-electron chi connectivity index (χ4n) is 17.6. The Morgan fingerprint density at radius 1 is 0.615 bits per heavy atom. The minimum atomic E-state index is -2.33. The number of carboxylic acid groups (broad SMARTS) is 1. The van der Waals surface area contributed by atoms with Crippen LogP contribution in [0.3, 0.4) is 0 Å². The van der Waals surface area contributed by atoms with E-state index >= 15 is 0 Å². The molecule has 0 spiro atoms. The number of aliphatic hydroxyl groups is 12. The van der Waals surface area contributed by atoms with Gasteiger partial charge in [0, 0.05) is 24.8 Å². The van der Waals surface area contributed by atoms with Crippen LogP contribution in [-0.4, -0.2) is 264 Å². The molecule has 91 heavy (non-hydrogen) atoms. The summed E-state index contributed by atoms with van der Waals surface area (Å²) in [4.78, 5) is 67.8. The van der Waals surface area contributed by atoms with Crippen LogP contribution in [0, 0.1) is 50.2 Å². The number of aliphatic carboxylic acids is 1. The summed E-state index contributed by atoms with van der Waals surface area (Å²) in [6.07, 6.45) is -35.7. The monoisotopic (exact) mass is 1300 g/mol. The number of ether oxygens (including phenoxy) is 11. The van der Waals surface area contributed by atoms with E-state index < -0.39 is 236 Å². The van der Waals surface area contributed by atoms with E-state index in [1.165, 1.54) is 13.8 Å². The number of aliphatic hydroxyl groups excluding tert-OH is 12. The number of fused-ring (bicyclic) bond motifs is 7. The molecule has 8 fully saturated rings. The second kappa shape index (κ2) is 26.7. The SMILES string of the molecule is C/C=C(/C)C(=O)O[C@H]1[C@H](OC(C)=O)[C@]2(CO)[C@H](OC(C)=O)C[C@]3(C)C(=CC[C@@H]4[C@@]5(C)CC[C@H](O[C@@H]6O[C@H](C(=O)O)[C@@H](O)[C@H](O[C@@H]7OC[C@H](O)[C@H](O)[C@H]7OC7OC(CO)C(O)C(O)C7O)[C@H]6O[C@@H]6O[C@H](CO)[C@H](O)[C@H](O)[C@H]6O)[C@@](C)(C=O)[C@@H]5CC[C@]43C)[C@@H]2CC1(C)C. The second-order valence-electron chi connectivity index (χ2n) is 28.3. The summed E-state index contributed by atoms with van der Waals surface area (Å²) >= 11 is 0. The van der Waals surface area contributed by atoms with Gasteiger partial charge in [0.25, 0.3) is 0 Å². The van der Waals surface area contributed by atoms with Gasteiger partial charge in [-0.15, -0.1) is 0 Å². The molecule has 4 saturated carbocycles. The van der Waals surface area contributed by atoms with Crippen LogP contribution in [0.4, 0.5) is 0 Å². The van der Waals surface area contributed by atoms with Crippen molar-refractivity contribution in [2.24, 2.45) is 50.2 Å². The number of esters is 3. The molecule has 0 aromatic carbocycles. The largest absolute Gasteiger partial charge is 0.479 e. The third-order valence-corrected chi connectivity index (χ3v) is 22.9. The zero-order chi connectivity index (χ0) is 67.2. The van der Waals surface area contributed by atoms with E-state index in [9.17, 15) is 90.4 Å². The molecule has 4 heterocycles. The first-order chi connectivity index (χ1) is 42.6. The molecule has 0 aromatic heterocycles. The molecule has 5 aliphatic carbocycles. The summed E-state index contributed by atoms with van der Waals surface area (Å²) in [7, 11) is 0. The van der Waals surface area contributed by atoms with E-state index in [0.717, 1.165) is 11.9 Å². The van der Waals surface area contributed by atoms with Crippen molar-refractivity contribution < 1.29 is 142 Å². The first-order valence-electron chi connectivity index (χ1n) is 31.3. The first kappa shape index (κ1) is 71.5. The third-order valence-electron chi connectivity index (χ3n) is 22.9. The van der Waals surface area contributed by atoms with Gasteiger partial charge in [-0.05, 0) is 92.8 Å². The second-order valence-corrected chi connectivity index (χ2v) is 28.3. The number of carbonyl (C=O) groups is 5. The van der Waals surface area contributed by atoms with Crippen molar-refractivity contribution in [1.29, 1.82) is 0 Å². The molecule has 13 N–H and O–H groups in total. The Hall–Kier alpha value is -3.77.